The molecule has 19 heavy (non-hydrogen) atoms. The predicted molar refractivity (Wildman–Crippen MR) is 78.9 cm³/mol. The molecule has 1 heterocycles. The third-order valence-electron chi connectivity index (χ3n) is 3.50. The number of H-pyrrole nitrogens is 1. The number of aromatic nitrogens is 1. The van der Waals surface area contributed by atoms with Crippen LogP contribution in [0.4, 0.5) is 0 Å². The second-order valence-electron chi connectivity index (χ2n) is 5.53. The maximum absolute atomic E-state index is 11.6. The van der Waals surface area contributed by atoms with E-state index < -0.39 is 14.6 Å². The van der Waals surface area contributed by atoms with E-state index in [1.54, 1.807) is 13.8 Å². The number of aromatic amines is 1. The van der Waals surface area contributed by atoms with Crippen molar-refractivity contribution in [3.8, 4) is 0 Å². The summed E-state index contributed by atoms with van der Waals surface area (Å²) >= 11 is 0. The highest BCUT2D eigenvalue weighted by molar-refractivity contribution is 7.92. The van der Waals surface area contributed by atoms with Crippen LogP contribution in [0.25, 0.3) is 10.9 Å². The third-order valence-corrected chi connectivity index (χ3v) is 5.65. The molecular weight excluding hydrogens is 260 g/mol. The first-order chi connectivity index (χ1) is 8.79. The van der Waals surface area contributed by atoms with Gasteiger partial charge in [-0.1, -0.05) is 6.07 Å². The fourth-order valence-electron chi connectivity index (χ4n) is 1.85. The summed E-state index contributed by atoms with van der Waals surface area (Å²) in [5.41, 5.74) is 2.26. The van der Waals surface area contributed by atoms with Crippen molar-refractivity contribution in [3.63, 3.8) is 0 Å². The number of hydrogen-bond donors (Lipinski definition) is 2. The van der Waals surface area contributed by atoms with Crippen molar-refractivity contribution in [2.24, 2.45) is 0 Å². The molecule has 0 atom stereocenters. The quantitative estimate of drug-likeness (QED) is 0.881. The molecule has 1 aromatic heterocycles. The molecule has 2 rings (SSSR count). The van der Waals surface area contributed by atoms with Crippen molar-refractivity contribution in [2.45, 2.75) is 25.1 Å². The van der Waals surface area contributed by atoms with Gasteiger partial charge in [0.2, 0.25) is 0 Å². The van der Waals surface area contributed by atoms with Gasteiger partial charge < -0.3 is 10.3 Å². The minimum atomic E-state index is -3.05. The zero-order valence-electron chi connectivity index (χ0n) is 11.5. The van der Waals surface area contributed by atoms with Crippen molar-refractivity contribution >= 4 is 20.7 Å². The molecule has 2 aromatic rings. The highest BCUT2D eigenvalue weighted by atomic mass is 32.2. The van der Waals surface area contributed by atoms with Crippen LogP contribution in [0.15, 0.2) is 30.5 Å². The number of benzene rings is 1. The van der Waals surface area contributed by atoms with E-state index in [-0.39, 0.29) is 0 Å². The van der Waals surface area contributed by atoms with Gasteiger partial charge in [-0.05, 0) is 43.0 Å². The Kier molecular flexibility index (Phi) is 3.69. The summed E-state index contributed by atoms with van der Waals surface area (Å²) in [6.07, 6.45) is 3.19. The Morgan fingerprint density at radius 3 is 2.68 bits per heavy atom. The van der Waals surface area contributed by atoms with Crippen LogP contribution in [0, 0.1) is 0 Å². The molecule has 0 bridgehead atoms. The molecule has 0 aliphatic carbocycles. The summed E-state index contributed by atoms with van der Waals surface area (Å²) in [6, 6.07) is 8.21. The molecule has 0 amide bonds. The largest absolute Gasteiger partial charge is 0.361 e. The highest BCUT2D eigenvalue weighted by Gasteiger charge is 2.29. The highest BCUT2D eigenvalue weighted by Crippen LogP contribution is 2.16. The van der Waals surface area contributed by atoms with Gasteiger partial charge in [0.15, 0.2) is 9.84 Å². The predicted octanol–water partition coefficient (Wildman–Crippen LogP) is 2.08. The first-order valence-electron chi connectivity index (χ1n) is 6.26. The first-order valence-corrected chi connectivity index (χ1v) is 8.15. The van der Waals surface area contributed by atoms with Crippen LogP contribution in [0.3, 0.4) is 0 Å². The maximum atomic E-state index is 11.6. The fraction of sp³-hybridized carbons (Fsp3) is 0.429. The third kappa shape index (κ3) is 3.16. The van der Waals surface area contributed by atoms with Gasteiger partial charge in [0.1, 0.15) is 0 Å². The summed E-state index contributed by atoms with van der Waals surface area (Å²) in [5, 5.41) is 4.38. The van der Waals surface area contributed by atoms with E-state index in [0.29, 0.717) is 13.1 Å². The van der Waals surface area contributed by atoms with Gasteiger partial charge in [0, 0.05) is 31.1 Å². The van der Waals surface area contributed by atoms with E-state index in [2.05, 4.69) is 16.4 Å². The van der Waals surface area contributed by atoms with E-state index in [1.807, 2.05) is 24.4 Å². The summed E-state index contributed by atoms with van der Waals surface area (Å²) in [5.74, 6) is 0. The molecule has 0 saturated carbocycles. The van der Waals surface area contributed by atoms with Gasteiger partial charge in [-0.15, -0.1) is 0 Å². The molecule has 4 nitrogen and oxygen atoms in total. The van der Waals surface area contributed by atoms with Gasteiger partial charge in [-0.25, -0.2) is 8.42 Å². The van der Waals surface area contributed by atoms with Crippen LogP contribution in [-0.4, -0.2) is 30.9 Å². The zero-order chi connectivity index (χ0) is 14.1. The Bertz CT molecular complexity index is 672. The maximum Gasteiger partial charge on any atom is 0.153 e. The van der Waals surface area contributed by atoms with Gasteiger partial charge in [-0.2, -0.15) is 0 Å². The number of sulfone groups is 1. The minimum absolute atomic E-state index is 0.441. The average Bonchev–Trinajstić information content (AvgIpc) is 2.74. The molecule has 5 heteroatoms. The topological polar surface area (TPSA) is 62.0 Å². The minimum Gasteiger partial charge on any atom is -0.361 e. The van der Waals surface area contributed by atoms with E-state index in [9.17, 15) is 8.42 Å². The van der Waals surface area contributed by atoms with E-state index in [4.69, 9.17) is 0 Å². The second kappa shape index (κ2) is 4.98. The van der Waals surface area contributed by atoms with Gasteiger partial charge in [-0.3, -0.25) is 0 Å². The van der Waals surface area contributed by atoms with E-state index >= 15 is 0 Å². The van der Waals surface area contributed by atoms with Gasteiger partial charge >= 0.3 is 0 Å². The van der Waals surface area contributed by atoms with Crippen LogP contribution in [-0.2, 0) is 16.4 Å². The molecular formula is C14H20N2O2S. The Morgan fingerprint density at radius 1 is 1.26 bits per heavy atom. The van der Waals surface area contributed by atoms with E-state index in [1.165, 1.54) is 11.6 Å². The standard InChI is InChI=1S/C14H20N2O2S/c1-14(2,19(3,17)18)10-15-9-11-4-5-13-12(8-11)6-7-16-13/h4-8,15-16H,9-10H2,1-3H3. The van der Waals surface area contributed by atoms with Crippen molar-refractivity contribution in [1.82, 2.24) is 10.3 Å². The number of fused-ring (bicyclic) bond motifs is 1. The molecule has 0 unspecified atom stereocenters. The zero-order valence-corrected chi connectivity index (χ0v) is 12.3. The molecule has 104 valence electrons. The Labute approximate surface area is 114 Å². The molecule has 1 aromatic carbocycles. The number of nitrogens with one attached hydrogen (secondary N) is 2. The number of hydrogen-bond acceptors (Lipinski definition) is 3. The van der Waals surface area contributed by atoms with Crippen molar-refractivity contribution in [2.75, 3.05) is 12.8 Å². The normalized spacial score (nSPS) is 13.0. The number of rotatable bonds is 5. The van der Waals surface area contributed by atoms with Gasteiger partial charge in [0.25, 0.3) is 0 Å². The SMILES string of the molecule is CC(C)(CNCc1ccc2[nH]ccc2c1)S(C)(=O)=O. The summed E-state index contributed by atoms with van der Waals surface area (Å²) < 4.78 is 22.4. The average molecular weight is 280 g/mol. The molecule has 0 radical (unpaired) electrons. The summed E-state index contributed by atoms with van der Waals surface area (Å²) in [4.78, 5) is 3.15. The van der Waals surface area contributed by atoms with Crippen molar-refractivity contribution < 1.29 is 8.42 Å². The van der Waals surface area contributed by atoms with Gasteiger partial charge in [0.05, 0.1) is 4.75 Å². The Balaban J connectivity index is 1.99. The van der Waals surface area contributed by atoms with Crippen molar-refractivity contribution in [3.05, 3.63) is 36.0 Å². The lowest BCUT2D eigenvalue weighted by molar-refractivity contribution is 0.521. The van der Waals surface area contributed by atoms with Crippen LogP contribution in [0.1, 0.15) is 19.4 Å². The fourth-order valence-corrected chi connectivity index (χ4v) is 2.22. The van der Waals surface area contributed by atoms with Crippen LogP contribution in [0.5, 0.6) is 0 Å². The molecule has 0 spiro atoms. The Hall–Kier alpha value is -1.33. The monoisotopic (exact) mass is 280 g/mol. The van der Waals surface area contributed by atoms with Crippen LogP contribution in [0.2, 0.25) is 0 Å². The molecule has 0 saturated heterocycles. The van der Waals surface area contributed by atoms with Crippen LogP contribution < -0.4 is 5.32 Å². The first kappa shape index (κ1) is 14.1. The lowest BCUT2D eigenvalue weighted by Gasteiger charge is -2.22. The molecule has 2 N–H and O–H groups in total. The summed E-state index contributed by atoms with van der Waals surface area (Å²) in [7, 11) is -3.05. The van der Waals surface area contributed by atoms with Crippen molar-refractivity contribution in [1.29, 1.82) is 0 Å². The smallest absolute Gasteiger partial charge is 0.153 e. The lowest BCUT2D eigenvalue weighted by Crippen LogP contribution is -2.41. The van der Waals surface area contributed by atoms with Crippen LogP contribution >= 0.6 is 0 Å². The Morgan fingerprint density at radius 2 is 2.00 bits per heavy atom. The molecule has 0 aliphatic heterocycles. The second-order valence-corrected chi connectivity index (χ2v) is 8.18. The molecule has 0 fully saturated rings. The van der Waals surface area contributed by atoms with E-state index in [0.717, 1.165) is 11.1 Å². The lowest BCUT2D eigenvalue weighted by atomic mass is 10.1. The summed E-state index contributed by atoms with van der Waals surface area (Å²) in [6.45, 7) is 4.59. The molecule has 0 aliphatic rings.